The number of rotatable bonds is 3. The number of benzene rings is 2. The van der Waals surface area contributed by atoms with E-state index in [2.05, 4.69) is 0 Å². The van der Waals surface area contributed by atoms with Crippen LogP contribution in [0.1, 0.15) is 12.5 Å². The van der Waals surface area contributed by atoms with Gasteiger partial charge in [0.2, 0.25) is 0 Å². The molecule has 2 rings (SSSR count). The second-order valence-corrected chi connectivity index (χ2v) is 4.68. The number of halogens is 2. The van der Waals surface area contributed by atoms with E-state index in [4.69, 9.17) is 22.1 Å². The molecule has 0 amide bonds. The molecule has 0 aliphatic heterocycles. The van der Waals surface area contributed by atoms with Crippen LogP contribution in [0.4, 0.5) is 0 Å². The molecule has 0 fully saturated rings. The van der Waals surface area contributed by atoms with Crippen LogP contribution in [0, 0.1) is 0 Å². The fourth-order valence-corrected chi connectivity index (χ4v) is 2.39. The van der Waals surface area contributed by atoms with Crippen LogP contribution in [-0.2, 0) is 6.42 Å². The molecule has 2 aromatic rings. The van der Waals surface area contributed by atoms with E-state index in [1.54, 1.807) is 7.11 Å². The Labute approximate surface area is 118 Å². The van der Waals surface area contributed by atoms with Crippen molar-refractivity contribution < 1.29 is 4.74 Å². The van der Waals surface area contributed by atoms with Crippen LogP contribution >= 0.6 is 24.0 Å². The normalized spacial score (nSPS) is 12.0. The zero-order valence-corrected chi connectivity index (χ0v) is 12.0. The van der Waals surface area contributed by atoms with Crippen LogP contribution in [-0.4, -0.2) is 13.2 Å². The number of ether oxygens (including phenoxy) is 1. The van der Waals surface area contributed by atoms with Crippen molar-refractivity contribution in [2.45, 2.75) is 19.4 Å². The minimum Gasteiger partial charge on any atom is -0.496 e. The Bertz CT molecular complexity index is 541. The zero-order valence-electron chi connectivity index (χ0n) is 10.4. The summed E-state index contributed by atoms with van der Waals surface area (Å²) in [7, 11) is 1.68. The quantitative estimate of drug-likeness (QED) is 0.931. The summed E-state index contributed by atoms with van der Waals surface area (Å²) in [4.78, 5) is 0. The van der Waals surface area contributed by atoms with Crippen LogP contribution in [0.2, 0.25) is 5.02 Å². The van der Waals surface area contributed by atoms with E-state index in [-0.39, 0.29) is 18.4 Å². The summed E-state index contributed by atoms with van der Waals surface area (Å²) in [6, 6.07) is 10.0. The first-order chi connectivity index (χ1) is 8.13. The summed E-state index contributed by atoms with van der Waals surface area (Å²) < 4.78 is 5.50. The first-order valence-electron chi connectivity index (χ1n) is 5.63. The van der Waals surface area contributed by atoms with E-state index in [1.165, 1.54) is 0 Å². The third kappa shape index (κ3) is 2.89. The van der Waals surface area contributed by atoms with Gasteiger partial charge in [0.1, 0.15) is 5.75 Å². The molecule has 2 aromatic carbocycles. The third-order valence-electron chi connectivity index (χ3n) is 2.77. The topological polar surface area (TPSA) is 35.2 Å². The van der Waals surface area contributed by atoms with E-state index < -0.39 is 0 Å². The molecule has 98 valence electrons. The van der Waals surface area contributed by atoms with Crippen molar-refractivity contribution in [3.63, 3.8) is 0 Å². The minimum atomic E-state index is 0. The van der Waals surface area contributed by atoms with Gasteiger partial charge >= 0.3 is 0 Å². The Kier molecular flexibility index (Phi) is 5.27. The minimum absolute atomic E-state index is 0. The van der Waals surface area contributed by atoms with Crippen molar-refractivity contribution in [1.82, 2.24) is 0 Å². The second-order valence-electron chi connectivity index (χ2n) is 4.28. The van der Waals surface area contributed by atoms with Gasteiger partial charge in [-0.2, -0.15) is 0 Å². The lowest BCUT2D eigenvalue weighted by atomic mass is 10.0. The Morgan fingerprint density at radius 3 is 2.44 bits per heavy atom. The standard InChI is InChI=1S/C14H16ClNO.ClH/c1-9(16)7-10-8-13(15)11-5-3-4-6-12(11)14(10)17-2;/h3-6,8-9H,7,16H2,1-2H3;1H. The van der Waals surface area contributed by atoms with Crippen molar-refractivity contribution >= 4 is 34.8 Å². The molecule has 0 saturated heterocycles. The van der Waals surface area contributed by atoms with Gasteiger partial charge < -0.3 is 10.5 Å². The molecule has 0 bridgehead atoms. The summed E-state index contributed by atoms with van der Waals surface area (Å²) >= 11 is 6.28. The van der Waals surface area contributed by atoms with Gasteiger partial charge in [-0.1, -0.05) is 35.9 Å². The van der Waals surface area contributed by atoms with Crippen molar-refractivity contribution in [1.29, 1.82) is 0 Å². The molecular formula is C14H17Cl2NO. The number of nitrogens with two attached hydrogens (primary N) is 1. The van der Waals surface area contributed by atoms with Gasteiger partial charge in [-0.25, -0.2) is 0 Å². The van der Waals surface area contributed by atoms with Gasteiger partial charge in [0.25, 0.3) is 0 Å². The predicted molar refractivity (Wildman–Crippen MR) is 80.1 cm³/mol. The van der Waals surface area contributed by atoms with Gasteiger partial charge in [0.15, 0.2) is 0 Å². The van der Waals surface area contributed by atoms with E-state index >= 15 is 0 Å². The maximum atomic E-state index is 6.28. The molecule has 0 aromatic heterocycles. The largest absolute Gasteiger partial charge is 0.496 e. The van der Waals surface area contributed by atoms with E-state index in [0.29, 0.717) is 0 Å². The molecule has 2 nitrogen and oxygen atoms in total. The maximum absolute atomic E-state index is 6.28. The number of fused-ring (bicyclic) bond motifs is 1. The van der Waals surface area contributed by atoms with Crippen molar-refractivity contribution in [3.8, 4) is 5.75 Å². The van der Waals surface area contributed by atoms with Crippen LogP contribution in [0.25, 0.3) is 10.8 Å². The maximum Gasteiger partial charge on any atom is 0.130 e. The predicted octanol–water partition coefficient (Wildman–Crippen LogP) is 3.81. The average molecular weight is 286 g/mol. The number of hydrogen-bond acceptors (Lipinski definition) is 2. The number of hydrogen-bond donors (Lipinski definition) is 1. The lowest BCUT2D eigenvalue weighted by Gasteiger charge is -2.14. The summed E-state index contributed by atoms with van der Waals surface area (Å²) in [5, 5.41) is 2.80. The average Bonchev–Trinajstić information content (AvgIpc) is 2.29. The van der Waals surface area contributed by atoms with Gasteiger partial charge in [-0.05, 0) is 25.0 Å². The molecule has 1 atom stereocenters. The highest BCUT2D eigenvalue weighted by Crippen LogP contribution is 2.35. The highest BCUT2D eigenvalue weighted by Gasteiger charge is 2.12. The highest BCUT2D eigenvalue weighted by molar-refractivity contribution is 6.35. The first-order valence-corrected chi connectivity index (χ1v) is 6.01. The van der Waals surface area contributed by atoms with Gasteiger partial charge in [-0.15, -0.1) is 12.4 Å². The lowest BCUT2D eigenvalue weighted by molar-refractivity contribution is 0.413. The molecule has 0 aliphatic rings. The Morgan fingerprint density at radius 2 is 1.89 bits per heavy atom. The summed E-state index contributed by atoms with van der Waals surface area (Å²) in [5.41, 5.74) is 6.90. The molecule has 0 saturated carbocycles. The molecule has 0 spiro atoms. The Morgan fingerprint density at radius 1 is 1.28 bits per heavy atom. The van der Waals surface area contributed by atoms with Gasteiger partial charge in [0, 0.05) is 21.8 Å². The Balaban J connectivity index is 0.00000162. The molecule has 0 aliphatic carbocycles. The van der Waals surface area contributed by atoms with Gasteiger partial charge in [0.05, 0.1) is 7.11 Å². The molecular weight excluding hydrogens is 269 g/mol. The summed E-state index contributed by atoms with van der Waals surface area (Å²) in [6.07, 6.45) is 0.758. The second kappa shape index (κ2) is 6.28. The van der Waals surface area contributed by atoms with Crippen LogP contribution in [0.5, 0.6) is 5.75 Å². The smallest absolute Gasteiger partial charge is 0.130 e. The molecule has 1 unspecified atom stereocenters. The molecule has 18 heavy (non-hydrogen) atoms. The lowest BCUT2D eigenvalue weighted by Crippen LogP contribution is -2.18. The number of methoxy groups -OCH3 is 1. The van der Waals surface area contributed by atoms with Gasteiger partial charge in [-0.3, -0.25) is 0 Å². The SMILES string of the molecule is COc1c(CC(C)N)cc(Cl)c2ccccc12.Cl. The van der Waals surface area contributed by atoms with Crippen LogP contribution in [0.15, 0.2) is 30.3 Å². The van der Waals surface area contributed by atoms with Crippen molar-refractivity contribution in [3.05, 3.63) is 40.9 Å². The third-order valence-corrected chi connectivity index (χ3v) is 3.08. The molecule has 4 heteroatoms. The fraction of sp³-hybridized carbons (Fsp3) is 0.286. The first kappa shape index (κ1) is 15.1. The van der Waals surface area contributed by atoms with E-state index in [9.17, 15) is 0 Å². The van der Waals surface area contributed by atoms with Crippen molar-refractivity contribution in [2.75, 3.05) is 7.11 Å². The zero-order chi connectivity index (χ0) is 12.4. The monoisotopic (exact) mass is 285 g/mol. The van der Waals surface area contributed by atoms with Crippen LogP contribution in [0.3, 0.4) is 0 Å². The fourth-order valence-electron chi connectivity index (χ4n) is 2.10. The summed E-state index contributed by atoms with van der Waals surface area (Å²) in [5.74, 6) is 0.877. The van der Waals surface area contributed by atoms with Crippen LogP contribution < -0.4 is 10.5 Å². The Hall–Kier alpha value is -0.960. The summed E-state index contributed by atoms with van der Waals surface area (Å²) in [6.45, 7) is 1.97. The highest BCUT2D eigenvalue weighted by atomic mass is 35.5. The van der Waals surface area contributed by atoms with E-state index in [1.807, 2.05) is 37.3 Å². The molecule has 2 N–H and O–H groups in total. The van der Waals surface area contributed by atoms with Crippen molar-refractivity contribution in [2.24, 2.45) is 5.73 Å². The molecule has 0 radical (unpaired) electrons. The van der Waals surface area contributed by atoms with E-state index in [0.717, 1.165) is 33.5 Å². The molecule has 0 heterocycles.